The molecule has 0 aromatic heterocycles. The zero-order valence-electron chi connectivity index (χ0n) is 12.2. The first-order valence-corrected chi connectivity index (χ1v) is 11.7. The molecule has 0 aromatic carbocycles. The maximum absolute atomic E-state index is 6.25. The van der Waals surface area contributed by atoms with Crippen LogP contribution in [-0.2, 0) is 4.43 Å². The predicted molar refractivity (Wildman–Crippen MR) is 80.3 cm³/mol. The molecule has 2 atom stereocenters. The van der Waals surface area contributed by atoms with Crippen molar-refractivity contribution in [2.45, 2.75) is 51.7 Å². The van der Waals surface area contributed by atoms with Crippen LogP contribution in [0, 0.1) is 5.92 Å². The summed E-state index contributed by atoms with van der Waals surface area (Å²) in [6.45, 7) is 14.1. The molecule has 5 heteroatoms. The average Bonchev–Trinajstić information content (AvgIpc) is 2.15. The van der Waals surface area contributed by atoms with Crippen molar-refractivity contribution in [3.63, 3.8) is 0 Å². The van der Waals surface area contributed by atoms with E-state index >= 15 is 0 Å². The Morgan fingerprint density at radius 1 is 1.35 bits per heavy atom. The molecule has 2 radical (unpaired) electrons. The minimum atomic E-state index is -1.40. The lowest BCUT2D eigenvalue weighted by atomic mass is 10.0. The first kappa shape index (κ1) is 17.3. The molecule has 0 rings (SSSR count). The topological polar surface area (TPSA) is 47.3 Å². The van der Waals surface area contributed by atoms with Crippen LogP contribution in [0.4, 0.5) is 0 Å². The number of rotatable bonds is 10. The van der Waals surface area contributed by atoms with Crippen LogP contribution in [0.5, 0.6) is 0 Å². The Labute approximate surface area is 111 Å². The quantitative estimate of drug-likeness (QED) is 0.473. The summed E-state index contributed by atoms with van der Waals surface area (Å²) in [6, 6.07) is 1.21. The van der Waals surface area contributed by atoms with Crippen LogP contribution < -0.4 is 11.1 Å². The number of hydrogen-bond donors (Lipinski definition) is 2. The average molecular weight is 275 g/mol. The molecule has 3 nitrogen and oxygen atoms in total. The molecular weight excluding hydrogens is 244 g/mol. The zero-order chi connectivity index (χ0) is 13.3. The lowest BCUT2D eigenvalue weighted by molar-refractivity contribution is 0.181. The fourth-order valence-corrected chi connectivity index (χ4v) is 3.93. The molecule has 0 heterocycles. The van der Waals surface area contributed by atoms with E-state index in [4.69, 9.17) is 10.2 Å². The van der Waals surface area contributed by atoms with Gasteiger partial charge in [-0.2, -0.15) is 0 Å². The fraction of sp³-hybridized carbons (Fsp3) is 1.00. The molecule has 0 fully saturated rings. The van der Waals surface area contributed by atoms with Crippen LogP contribution in [0.15, 0.2) is 0 Å². The zero-order valence-corrected chi connectivity index (χ0v) is 14.2. The van der Waals surface area contributed by atoms with Gasteiger partial charge in [-0.1, -0.05) is 13.5 Å². The van der Waals surface area contributed by atoms with E-state index in [1.807, 2.05) is 0 Å². The van der Waals surface area contributed by atoms with Crippen molar-refractivity contribution in [1.29, 1.82) is 0 Å². The molecule has 102 valence electrons. The van der Waals surface area contributed by atoms with E-state index in [9.17, 15) is 0 Å². The second kappa shape index (κ2) is 9.27. The van der Waals surface area contributed by atoms with Gasteiger partial charge < -0.3 is 15.5 Å². The Balaban J connectivity index is 3.97. The summed E-state index contributed by atoms with van der Waals surface area (Å²) in [5.41, 5.74) is 5.47. The van der Waals surface area contributed by atoms with E-state index in [1.165, 1.54) is 12.5 Å². The summed E-state index contributed by atoms with van der Waals surface area (Å²) >= 11 is 0. The SMILES string of the molecule is C[Si]CC(CC(C)CNCCN)O[Si](C)(C)C. The van der Waals surface area contributed by atoms with Gasteiger partial charge in [0.05, 0.1) is 0 Å². The van der Waals surface area contributed by atoms with Crippen LogP contribution in [0.1, 0.15) is 13.3 Å². The second-order valence-electron chi connectivity index (χ2n) is 5.74. The molecule has 17 heavy (non-hydrogen) atoms. The van der Waals surface area contributed by atoms with Crippen molar-refractivity contribution in [2.24, 2.45) is 11.7 Å². The van der Waals surface area contributed by atoms with Gasteiger partial charge in [-0.15, -0.1) is 0 Å². The van der Waals surface area contributed by atoms with Gasteiger partial charge in [0.2, 0.25) is 0 Å². The van der Waals surface area contributed by atoms with Crippen LogP contribution in [-0.4, -0.2) is 43.6 Å². The maximum Gasteiger partial charge on any atom is 0.184 e. The van der Waals surface area contributed by atoms with E-state index in [0.717, 1.165) is 29.2 Å². The third-order valence-corrected chi connectivity index (χ3v) is 4.34. The van der Waals surface area contributed by atoms with Gasteiger partial charge >= 0.3 is 0 Å². The van der Waals surface area contributed by atoms with E-state index < -0.39 is 8.32 Å². The van der Waals surface area contributed by atoms with Gasteiger partial charge in [0.25, 0.3) is 0 Å². The molecule has 0 aliphatic heterocycles. The number of nitrogens with two attached hydrogens (primary N) is 1. The molecule has 0 aliphatic carbocycles. The molecule has 0 aromatic rings. The van der Waals surface area contributed by atoms with Gasteiger partial charge in [-0.25, -0.2) is 0 Å². The van der Waals surface area contributed by atoms with Gasteiger partial charge in [0, 0.05) is 28.7 Å². The Kier molecular flexibility index (Phi) is 9.44. The lowest BCUT2D eigenvalue weighted by Gasteiger charge is -2.28. The Hall–Kier alpha value is 0.314. The van der Waals surface area contributed by atoms with Crippen LogP contribution in [0.3, 0.4) is 0 Å². The summed E-state index contributed by atoms with van der Waals surface area (Å²) in [4.78, 5) is 0. The van der Waals surface area contributed by atoms with E-state index in [2.05, 4.69) is 38.4 Å². The Morgan fingerprint density at radius 3 is 2.47 bits per heavy atom. The third-order valence-electron chi connectivity index (χ3n) is 2.43. The van der Waals surface area contributed by atoms with Crippen molar-refractivity contribution in [3.05, 3.63) is 0 Å². The largest absolute Gasteiger partial charge is 0.415 e. The Bertz CT molecular complexity index is 186. The second-order valence-corrected chi connectivity index (χ2v) is 11.3. The third kappa shape index (κ3) is 11.2. The maximum atomic E-state index is 6.25. The van der Waals surface area contributed by atoms with Crippen LogP contribution in [0.25, 0.3) is 0 Å². The fourth-order valence-electron chi connectivity index (χ4n) is 1.88. The van der Waals surface area contributed by atoms with Crippen molar-refractivity contribution in [3.8, 4) is 0 Å². The highest BCUT2D eigenvalue weighted by atomic mass is 28.4. The first-order valence-electron chi connectivity index (χ1n) is 6.62. The van der Waals surface area contributed by atoms with E-state index in [0.29, 0.717) is 12.0 Å². The van der Waals surface area contributed by atoms with Crippen molar-refractivity contribution >= 4 is 17.8 Å². The normalized spacial score (nSPS) is 15.9. The van der Waals surface area contributed by atoms with Gasteiger partial charge in [-0.3, -0.25) is 0 Å². The molecule has 2 unspecified atom stereocenters. The number of hydrogen-bond acceptors (Lipinski definition) is 3. The van der Waals surface area contributed by atoms with Gasteiger partial charge in [-0.05, 0) is 44.6 Å². The minimum absolute atomic E-state index is 0.458. The first-order chi connectivity index (χ1) is 7.89. The summed E-state index contributed by atoms with van der Waals surface area (Å²) in [5.74, 6) is 0.666. The highest BCUT2D eigenvalue weighted by Gasteiger charge is 2.22. The lowest BCUT2D eigenvalue weighted by Crippen LogP contribution is -2.35. The summed E-state index contributed by atoms with van der Waals surface area (Å²) < 4.78 is 6.25. The van der Waals surface area contributed by atoms with Crippen molar-refractivity contribution in [2.75, 3.05) is 19.6 Å². The molecule has 0 bridgehead atoms. The highest BCUT2D eigenvalue weighted by molar-refractivity contribution is 6.69. The predicted octanol–water partition coefficient (Wildman–Crippen LogP) is 1.95. The molecular formula is C12H30N2OSi2. The molecule has 0 amide bonds. The summed E-state index contributed by atoms with van der Waals surface area (Å²) in [6.07, 6.45) is 1.63. The van der Waals surface area contributed by atoms with Crippen molar-refractivity contribution < 1.29 is 4.43 Å². The van der Waals surface area contributed by atoms with E-state index in [1.54, 1.807) is 0 Å². The molecule has 0 saturated carbocycles. The van der Waals surface area contributed by atoms with Crippen molar-refractivity contribution in [1.82, 2.24) is 5.32 Å². The minimum Gasteiger partial charge on any atom is -0.415 e. The van der Waals surface area contributed by atoms with Crippen LogP contribution >= 0.6 is 0 Å². The standard InChI is InChI=1S/C12H30N2OSi2/c1-11(9-14-7-6-13)8-12(10-16-2)15-17(3,4)5/h11-12,14H,6-10,13H2,1-5H3. The highest BCUT2D eigenvalue weighted by Crippen LogP contribution is 2.17. The number of nitrogens with one attached hydrogen (secondary N) is 1. The van der Waals surface area contributed by atoms with Crippen LogP contribution in [0.2, 0.25) is 32.2 Å². The monoisotopic (exact) mass is 274 g/mol. The molecule has 0 saturated heterocycles. The summed E-state index contributed by atoms with van der Waals surface area (Å²) in [5, 5.41) is 3.38. The smallest absolute Gasteiger partial charge is 0.184 e. The Morgan fingerprint density at radius 2 is 2.00 bits per heavy atom. The van der Waals surface area contributed by atoms with E-state index in [-0.39, 0.29) is 0 Å². The molecule has 0 spiro atoms. The van der Waals surface area contributed by atoms with Gasteiger partial charge in [0.15, 0.2) is 8.32 Å². The molecule has 0 aliphatic rings. The summed E-state index contributed by atoms with van der Waals surface area (Å²) in [7, 11) is -0.416. The molecule has 3 N–H and O–H groups in total. The van der Waals surface area contributed by atoms with Gasteiger partial charge in [0.1, 0.15) is 0 Å².